The molecule has 0 spiro atoms. The van der Waals surface area contributed by atoms with E-state index in [2.05, 4.69) is 20.2 Å². The van der Waals surface area contributed by atoms with Gasteiger partial charge in [-0.1, -0.05) is 12.1 Å². The van der Waals surface area contributed by atoms with Gasteiger partial charge in [0.25, 0.3) is 5.91 Å². The zero-order valence-corrected chi connectivity index (χ0v) is 17.4. The van der Waals surface area contributed by atoms with E-state index in [-0.39, 0.29) is 12.0 Å². The number of hydrogen-bond acceptors (Lipinski definition) is 6. The van der Waals surface area contributed by atoms with E-state index in [9.17, 15) is 9.59 Å². The zero-order valence-electron chi connectivity index (χ0n) is 17.4. The molecule has 2 heterocycles. The van der Waals surface area contributed by atoms with Gasteiger partial charge in [0.15, 0.2) is 0 Å². The van der Waals surface area contributed by atoms with Crippen LogP contribution in [0.3, 0.4) is 0 Å². The Morgan fingerprint density at radius 1 is 1.10 bits per heavy atom. The number of ether oxygens (including phenoxy) is 1. The largest absolute Gasteiger partial charge is 0.450 e. The number of hydrogen-bond donors (Lipinski definition) is 1. The third-order valence-corrected chi connectivity index (χ3v) is 5.04. The normalized spacial score (nSPS) is 13.9. The van der Waals surface area contributed by atoms with Gasteiger partial charge in [0.1, 0.15) is 17.3 Å². The maximum absolute atomic E-state index is 12.8. The van der Waals surface area contributed by atoms with Crippen LogP contribution in [0.4, 0.5) is 16.3 Å². The summed E-state index contributed by atoms with van der Waals surface area (Å²) in [5, 5.41) is 2.94. The van der Waals surface area contributed by atoms with Gasteiger partial charge in [0, 0.05) is 37.9 Å². The molecule has 1 fully saturated rings. The summed E-state index contributed by atoms with van der Waals surface area (Å²) in [5.74, 6) is 0.948. The summed E-state index contributed by atoms with van der Waals surface area (Å²) < 4.78 is 5.06. The fraction of sp³-hybridized carbons (Fsp3) is 0.429. The van der Waals surface area contributed by atoms with Crippen molar-refractivity contribution < 1.29 is 14.3 Å². The van der Waals surface area contributed by atoms with E-state index < -0.39 is 0 Å². The number of piperazine rings is 1. The number of amides is 2. The molecule has 0 aliphatic carbocycles. The fourth-order valence-corrected chi connectivity index (χ4v) is 3.24. The van der Waals surface area contributed by atoms with Gasteiger partial charge in [-0.25, -0.2) is 14.8 Å². The van der Waals surface area contributed by atoms with Crippen LogP contribution in [0.1, 0.15) is 34.4 Å². The smallest absolute Gasteiger partial charge is 0.409 e. The molecule has 3 rings (SSSR count). The second-order valence-corrected chi connectivity index (χ2v) is 7.03. The Labute approximate surface area is 170 Å². The minimum absolute atomic E-state index is 0.268. The Morgan fingerprint density at radius 3 is 2.52 bits per heavy atom. The first-order chi connectivity index (χ1) is 13.9. The van der Waals surface area contributed by atoms with Crippen molar-refractivity contribution in [2.45, 2.75) is 27.7 Å². The molecule has 1 aliphatic heterocycles. The number of nitrogens with one attached hydrogen (secondary N) is 1. The first-order valence-corrected chi connectivity index (χ1v) is 9.79. The maximum Gasteiger partial charge on any atom is 0.409 e. The van der Waals surface area contributed by atoms with Crippen LogP contribution in [0.2, 0.25) is 0 Å². The molecule has 0 saturated carbocycles. The summed E-state index contributed by atoms with van der Waals surface area (Å²) in [6, 6.07) is 7.50. The van der Waals surface area contributed by atoms with E-state index in [1.165, 1.54) is 0 Å². The third kappa shape index (κ3) is 4.82. The van der Waals surface area contributed by atoms with Crippen molar-refractivity contribution in [3.8, 4) is 0 Å². The Morgan fingerprint density at radius 2 is 1.83 bits per heavy atom. The molecule has 1 N–H and O–H groups in total. The predicted molar refractivity (Wildman–Crippen MR) is 111 cm³/mol. The van der Waals surface area contributed by atoms with Crippen LogP contribution in [-0.2, 0) is 4.74 Å². The van der Waals surface area contributed by atoms with Gasteiger partial charge in [-0.3, -0.25) is 4.79 Å². The molecule has 1 aliphatic rings. The van der Waals surface area contributed by atoms with E-state index in [4.69, 9.17) is 4.74 Å². The maximum atomic E-state index is 12.8. The van der Waals surface area contributed by atoms with Gasteiger partial charge in [-0.15, -0.1) is 0 Å². The first-order valence-electron chi connectivity index (χ1n) is 9.79. The number of anilines is 2. The topological polar surface area (TPSA) is 87.7 Å². The minimum atomic E-state index is -0.292. The fourth-order valence-electron chi connectivity index (χ4n) is 3.24. The average Bonchev–Trinajstić information content (AvgIpc) is 2.71. The molecule has 1 aromatic heterocycles. The molecular weight excluding hydrogens is 370 g/mol. The zero-order chi connectivity index (χ0) is 21.0. The van der Waals surface area contributed by atoms with Crippen molar-refractivity contribution in [1.82, 2.24) is 14.9 Å². The number of carbonyl (C=O) groups excluding carboxylic acids is 2. The molecule has 154 valence electrons. The number of benzene rings is 1. The van der Waals surface area contributed by atoms with E-state index in [0.29, 0.717) is 50.1 Å². The van der Waals surface area contributed by atoms with Crippen LogP contribution >= 0.6 is 0 Å². The van der Waals surface area contributed by atoms with Crippen molar-refractivity contribution >= 4 is 23.5 Å². The lowest BCUT2D eigenvalue weighted by atomic mass is 10.1. The van der Waals surface area contributed by atoms with Gasteiger partial charge >= 0.3 is 6.09 Å². The summed E-state index contributed by atoms with van der Waals surface area (Å²) in [5.41, 5.74) is 3.24. The predicted octanol–water partition coefficient (Wildman–Crippen LogP) is 2.93. The number of aryl methyl sites for hydroxylation is 2. The lowest BCUT2D eigenvalue weighted by Crippen LogP contribution is -2.49. The van der Waals surface area contributed by atoms with Crippen LogP contribution in [0.15, 0.2) is 24.3 Å². The molecule has 2 aromatic rings. The molecule has 2 amide bonds. The number of carbonyl (C=O) groups is 2. The molecule has 8 heteroatoms. The molecule has 8 nitrogen and oxygen atoms in total. The van der Waals surface area contributed by atoms with Gasteiger partial charge in [-0.2, -0.15) is 0 Å². The Balaban J connectivity index is 1.72. The summed E-state index contributed by atoms with van der Waals surface area (Å²) in [6.07, 6.45) is -0.292. The van der Waals surface area contributed by atoms with Crippen LogP contribution in [0.25, 0.3) is 0 Å². The van der Waals surface area contributed by atoms with Crippen LogP contribution < -0.4 is 10.2 Å². The summed E-state index contributed by atoms with van der Waals surface area (Å²) in [7, 11) is 0. The molecule has 29 heavy (non-hydrogen) atoms. The number of aromatic nitrogens is 2. The molecular formula is C21H27N5O3. The molecule has 1 saturated heterocycles. The monoisotopic (exact) mass is 397 g/mol. The highest BCUT2D eigenvalue weighted by atomic mass is 16.6. The highest BCUT2D eigenvalue weighted by Gasteiger charge is 2.24. The van der Waals surface area contributed by atoms with Crippen LogP contribution in [-0.4, -0.2) is 59.7 Å². The Hall–Kier alpha value is -3.16. The summed E-state index contributed by atoms with van der Waals surface area (Å²) in [6.45, 7) is 10.2. The van der Waals surface area contributed by atoms with Gasteiger partial charge in [-0.05, 0) is 44.9 Å². The van der Waals surface area contributed by atoms with E-state index >= 15 is 0 Å². The lowest BCUT2D eigenvalue weighted by molar-refractivity contribution is 0.102. The van der Waals surface area contributed by atoms with Crippen molar-refractivity contribution in [3.63, 3.8) is 0 Å². The molecule has 0 radical (unpaired) electrons. The summed E-state index contributed by atoms with van der Waals surface area (Å²) in [4.78, 5) is 37.2. The van der Waals surface area contributed by atoms with Crippen molar-refractivity contribution in [1.29, 1.82) is 0 Å². The number of rotatable bonds is 4. The highest BCUT2D eigenvalue weighted by Crippen LogP contribution is 2.20. The molecule has 1 aromatic carbocycles. The standard InChI is InChI=1S/C21H27N5O3/c1-5-29-21(28)26-11-9-25(10-12-26)19-13-18(22-16(4)23-19)20(27)24-17-8-6-7-14(2)15(17)3/h6-8,13H,5,9-12H2,1-4H3,(H,24,27). The molecule has 0 bridgehead atoms. The van der Waals surface area contributed by atoms with Crippen molar-refractivity contribution in [2.24, 2.45) is 0 Å². The summed E-state index contributed by atoms with van der Waals surface area (Å²) >= 11 is 0. The van der Waals surface area contributed by atoms with Gasteiger partial charge < -0.3 is 19.9 Å². The highest BCUT2D eigenvalue weighted by molar-refractivity contribution is 6.03. The van der Waals surface area contributed by atoms with E-state index in [0.717, 1.165) is 16.8 Å². The van der Waals surface area contributed by atoms with Crippen molar-refractivity contribution in [2.75, 3.05) is 43.0 Å². The third-order valence-electron chi connectivity index (χ3n) is 5.04. The SMILES string of the molecule is CCOC(=O)N1CCN(c2cc(C(=O)Nc3cccc(C)c3C)nc(C)n2)CC1. The Bertz CT molecular complexity index is 907. The van der Waals surface area contributed by atoms with Gasteiger partial charge in [0.05, 0.1) is 6.61 Å². The number of nitrogens with zero attached hydrogens (tertiary/aromatic N) is 4. The van der Waals surface area contributed by atoms with Crippen molar-refractivity contribution in [3.05, 3.63) is 46.9 Å². The van der Waals surface area contributed by atoms with Crippen LogP contribution in [0, 0.1) is 20.8 Å². The second kappa shape index (κ2) is 8.89. The lowest BCUT2D eigenvalue weighted by Gasteiger charge is -2.34. The molecule has 0 unspecified atom stereocenters. The van der Waals surface area contributed by atoms with E-state index in [1.54, 1.807) is 24.8 Å². The quantitative estimate of drug-likeness (QED) is 0.853. The minimum Gasteiger partial charge on any atom is -0.450 e. The second-order valence-electron chi connectivity index (χ2n) is 7.03. The average molecular weight is 397 g/mol. The first kappa shape index (κ1) is 20.6. The van der Waals surface area contributed by atoms with Crippen LogP contribution in [0.5, 0.6) is 0 Å². The molecule has 0 atom stereocenters. The van der Waals surface area contributed by atoms with E-state index in [1.807, 2.05) is 32.0 Å². The van der Waals surface area contributed by atoms with Gasteiger partial charge in [0.2, 0.25) is 0 Å². The Kier molecular flexibility index (Phi) is 6.31.